The molecule has 0 N–H and O–H groups in total. The highest BCUT2D eigenvalue weighted by molar-refractivity contribution is 9.10. The van der Waals surface area contributed by atoms with Gasteiger partial charge in [0.1, 0.15) is 12.4 Å². The summed E-state index contributed by atoms with van der Waals surface area (Å²) in [4.78, 5) is 4.23. The molecule has 0 aliphatic carbocycles. The molecule has 82 valence electrons. The third-order valence-corrected chi connectivity index (χ3v) is 3.20. The molecule has 0 unspecified atom stereocenters. The number of halogens is 2. The molecule has 0 bridgehead atoms. The van der Waals surface area contributed by atoms with Gasteiger partial charge in [0.05, 0.1) is 16.6 Å². The van der Waals surface area contributed by atoms with Gasteiger partial charge in [-0.05, 0) is 28.1 Å². The van der Waals surface area contributed by atoms with Crippen LogP contribution in [0.25, 0.3) is 11.4 Å². The lowest BCUT2D eigenvalue weighted by Crippen LogP contribution is -2.04. The first-order valence-electron chi connectivity index (χ1n) is 4.89. The molecule has 1 aromatic carbocycles. The second-order valence-electron chi connectivity index (χ2n) is 3.53. The minimum absolute atomic E-state index is 0.277. The molecule has 0 radical (unpaired) electrons. The van der Waals surface area contributed by atoms with Gasteiger partial charge in [0.2, 0.25) is 0 Å². The molecule has 0 fully saturated rings. The van der Waals surface area contributed by atoms with Crippen molar-refractivity contribution in [2.24, 2.45) is 0 Å². The fraction of sp³-hybridized carbons (Fsp3) is 0.182. The molecule has 0 saturated heterocycles. The fourth-order valence-electron chi connectivity index (χ4n) is 1.83. The molecule has 0 atom stereocenters. The summed E-state index contributed by atoms with van der Waals surface area (Å²) in [5, 5.41) is 0. The zero-order valence-electron chi connectivity index (χ0n) is 8.28. The van der Waals surface area contributed by atoms with Crippen molar-refractivity contribution in [3.63, 3.8) is 0 Å². The second kappa shape index (κ2) is 3.59. The molecule has 5 heteroatoms. The van der Waals surface area contributed by atoms with E-state index in [2.05, 4.69) is 20.9 Å². The zero-order chi connectivity index (χ0) is 11.1. The SMILES string of the molecule is Fc1c(Br)ccc2c1OCCn1ccnc1-2. The Labute approximate surface area is 100.0 Å². The van der Waals surface area contributed by atoms with Gasteiger partial charge in [-0.1, -0.05) is 0 Å². The molecule has 1 aliphatic rings. The van der Waals surface area contributed by atoms with E-state index in [1.807, 2.05) is 16.8 Å². The molecule has 2 aromatic rings. The van der Waals surface area contributed by atoms with Crippen molar-refractivity contribution in [3.8, 4) is 17.1 Å². The van der Waals surface area contributed by atoms with Crippen molar-refractivity contribution in [1.82, 2.24) is 9.55 Å². The van der Waals surface area contributed by atoms with Crippen LogP contribution in [0.1, 0.15) is 0 Å². The quantitative estimate of drug-likeness (QED) is 0.743. The molecule has 0 saturated carbocycles. The molecular weight excluding hydrogens is 275 g/mol. The van der Waals surface area contributed by atoms with Crippen LogP contribution in [0.15, 0.2) is 29.0 Å². The van der Waals surface area contributed by atoms with E-state index in [1.54, 1.807) is 12.3 Å². The minimum atomic E-state index is -0.367. The molecule has 0 spiro atoms. The van der Waals surface area contributed by atoms with E-state index < -0.39 is 0 Å². The van der Waals surface area contributed by atoms with Gasteiger partial charge in [-0.15, -0.1) is 0 Å². The third kappa shape index (κ3) is 1.35. The summed E-state index contributed by atoms with van der Waals surface area (Å²) in [6.45, 7) is 1.13. The molecule has 2 heterocycles. The van der Waals surface area contributed by atoms with E-state index in [0.29, 0.717) is 23.2 Å². The van der Waals surface area contributed by atoms with Crippen molar-refractivity contribution in [2.75, 3.05) is 6.61 Å². The summed E-state index contributed by atoms with van der Waals surface area (Å²) in [7, 11) is 0. The highest BCUT2D eigenvalue weighted by atomic mass is 79.9. The predicted molar refractivity (Wildman–Crippen MR) is 60.8 cm³/mol. The van der Waals surface area contributed by atoms with Gasteiger partial charge in [-0.2, -0.15) is 0 Å². The standard InChI is InChI=1S/C11H8BrFN2O/c12-8-2-1-7-10(9(8)13)16-6-5-15-4-3-14-11(7)15/h1-4H,5-6H2. The highest BCUT2D eigenvalue weighted by Crippen LogP contribution is 2.36. The lowest BCUT2D eigenvalue weighted by Gasteiger charge is -2.08. The van der Waals surface area contributed by atoms with E-state index in [0.717, 1.165) is 5.82 Å². The number of hydrogen-bond donors (Lipinski definition) is 0. The van der Waals surface area contributed by atoms with Crippen LogP contribution in [0, 0.1) is 5.82 Å². The van der Waals surface area contributed by atoms with Crippen molar-refractivity contribution in [2.45, 2.75) is 6.54 Å². The average Bonchev–Trinajstić information content (AvgIpc) is 2.66. The lowest BCUT2D eigenvalue weighted by atomic mass is 10.2. The zero-order valence-corrected chi connectivity index (χ0v) is 9.87. The van der Waals surface area contributed by atoms with E-state index in [1.165, 1.54) is 0 Å². The molecular formula is C11H8BrFN2O. The number of imidazole rings is 1. The van der Waals surface area contributed by atoms with Crippen LogP contribution in [0.4, 0.5) is 4.39 Å². The highest BCUT2D eigenvalue weighted by Gasteiger charge is 2.20. The van der Waals surface area contributed by atoms with E-state index >= 15 is 0 Å². The van der Waals surface area contributed by atoms with Crippen LogP contribution in [0.2, 0.25) is 0 Å². The van der Waals surface area contributed by atoms with Gasteiger partial charge >= 0.3 is 0 Å². The monoisotopic (exact) mass is 282 g/mol. The van der Waals surface area contributed by atoms with Gasteiger partial charge < -0.3 is 9.30 Å². The number of hydrogen-bond acceptors (Lipinski definition) is 2. The van der Waals surface area contributed by atoms with Gasteiger partial charge in [0.15, 0.2) is 11.6 Å². The molecule has 0 amide bonds. The number of aromatic nitrogens is 2. The Bertz CT molecular complexity index is 553. The first kappa shape index (κ1) is 9.84. The summed E-state index contributed by atoms with van der Waals surface area (Å²) < 4.78 is 21.7. The van der Waals surface area contributed by atoms with Crippen LogP contribution in [0.3, 0.4) is 0 Å². The largest absolute Gasteiger partial charge is 0.488 e. The third-order valence-electron chi connectivity index (χ3n) is 2.58. The van der Waals surface area contributed by atoms with Crippen LogP contribution in [0.5, 0.6) is 5.75 Å². The first-order valence-corrected chi connectivity index (χ1v) is 5.69. The molecule has 3 nitrogen and oxygen atoms in total. The normalized spacial score (nSPS) is 13.6. The van der Waals surface area contributed by atoms with E-state index in [-0.39, 0.29) is 11.6 Å². The lowest BCUT2D eigenvalue weighted by molar-refractivity contribution is 0.292. The van der Waals surface area contributed by atoms with Crippen LogP contribution >= 0.6 is 15.9 Å². The Morgan fingerprint density at radius 1 is 1.44 bits per heavy atom. The van der Waals surface area contributed by atoms with Crippen molar-refractivity contribution in [1.29, 1.82) is 0 Å². The number of nitrogens with zero attached hydrogens (tertiary/aromatic N) is 2. The maximum Gasteiger partial charge on any atom is 0.179 e. The average molecular weight is 283 g/mol. The number of benzene rings is 1. The van der Waals surface area contributed by atoms with E-state index in [4.69, 9.17) is 4.74 Å². The maximum absolute atomic E-state index is 13.9. The second-order valence-corrected chi connectivity index (χ2v) is 4.39. The predicted octanol–water partition coefficient (Wildman–Crippen LogP) is 2.84. The molecule has 16 heavy (non-hydrogen) atoms. The summed E-state index contributed by atoms with van der Waals surface area (Å²) in [6.07, 6.45) is 3.58. The number of rotatable bonds is 0. The van der Waals surface area contributed by atoms with Crippen molar-refractivity contribution in [3.05, 3.63) is 34.8 Å². The molecule has 1 aliphatic heterocycles. The Kier molecular flexibility index (Phi) is 2.21. The summed E-state index contributed by atoms with van der Waals surface area (Å²) >= 11 is 3.15. The first-order chi connectivity index (χ1) is 7.77. The Morgan fingerprint density at radius 3 is 3.19 bits per heavy atom. The number of fused-ring (bicyclic) bond motifs is 3. The van der Waals surface area contributed by atoms with Crippen LogP contribution in [-0.4, -0.2) is 16.2 Å². The number of ether oxygens (including phenoxy) is 1. The van der Waals surface area contributed by atoms with Crippen LogP contribution < -0.4 is 4.74 Å². The fourth-order valence-corrected chi connectivity index (χ4v) is 2.14. The molecule has 1 aromatic heterocycles. The summed E-state index contributed by atoms with van der Waals surface area (Å²) in [5.41, 5.74) is 0.697. The van der Waals surface area contributed by atoms with Crippen molar-refractivity contribution < 1.29 is 9.13 Å². The smallest absolute Gasteiger partial charge is 0.179 e. The Morgan fingerprint density at radius 2 is 2.31 bits per heavy atom. The molecule has 3 rings (SSSR count). The van der Waals surface area contributed by atoms with Gasteiger partial charge in [-0.25, -0.2) is 9.37 Å². The minimum Gasteiger partial charge on any atom is -0.488 e. The van der Waals surface area contributed by atoms with Gasteiger partial charge in [0, 0.05) is 12.4 Å². The Hall–Kier alpha value is -1.36. The summed E-state index contributed by atoms with van der Waals surface area (Å²) in [6, 6.07) is 3.48. The maximum atomic E-state index is 13.9. The van der Waals surface area contributed by atoms with Gasteiger partial charge in [-0.3, -0.25) is 0 Å². The van der Waals surface area contributed by atoms with Crippen LogP contribution in [-0.2, 0) is 6.54 Å². The topological polar surface area (TPSA) is 27.1 Å². The van der Waals surface area contributed by atoms with Gasteiger partial charge in [0.25, 0.3) is 0 Å². The Balaban J connectivity index is 2.29. The van der Waals surface area contributed by atoms with Crippen molar-refractivity contribution >= 4 is 15.9 Å². The van der Waals surface area contributed by atoms with E-state index in [9.17, 15) is 4.39 Å². The summed E-state index contributed by atoms with van der Waals surface area (Å²) in [5.74, 6) is 0.659.